The summed E-state index contributed by atoms with van der Waals surface area (Å²) in [6, 6.07) is 72.8. The third-order valence-corrected chi connectivity index (χ3v) is 14.5. The van der Waals surface area contributed by atoms with Crippen molar-refractivity contribution in [3.05, 3.63) is 228 Å². The van der Waals surface area contributed by atoms with Crippen LogP contribution in [0.25, 0.3) is 89.4 Å². The van der Waals surface area contributed by atoms with Gasteiger partial charge in [0.1, 0.15) is 0 Å². The van der Waals surface area contributed by atoms with Gasteiger partial charge in [0.25, 0.3) is 0 Å². The average Bonchev–Trinajstić information content (AvgIpc) is 4.00. The van der Waals surface area contributed by atoms with Gasteiger partial charge in [-0.15, -0.1) is 0 Å². The van der Waals surface area contributed by atoms with Crippen LogP contribution in [-0.2, 0) is 10.8 Å². The summed E-state index contributed by atoms with van der Waals surface area (Å²) in [7, 11) is 0. The van der Waals surface area contributed by atoms with Crippen molar-refractivity contribution in [1.82, 2.24) is 9.13 Å². The predicted octanol–water partition coefficient (Wildman–Crippen LogP) is 16.3. The number of rotatable bonds is 6. The Labute approximate surface area is 376 Å². The van der Waals surface area contributed by atoms with Crippen LogP contribution in [0.5, 0.6) is 0 Å². The van der Waals surface area contributed by atoms with E-state index < -0.39 is 0 Å². The van der Waals surface area contributed by atoms with Crippen molar-refractivity contribution < 1.29 is 0 Å². The highest BCUT2D eigenvalue weighted by molar-refractivity contribution is 5.94. The topological polar surface area (TPSA) is 9.86 Å². The molecule has 64 heavy (non-hydrogen) atoms. The van der Waals surface area contributed by atoms with Crippen LogP contribution in [0.3, 0.4) is 0 Å². The zero-order valence-corrected chi connectivity index (χ0v) is 37.4. The second-order valence-corrected chi connectivity index (χ2v) is 19.2. The van der Waals surface area contributed by atoms with E-state index in [-0.39, 0.29) is 10.8 Å². The van der Waals surface area contributed by atoms with E-state index in [0.29, 0.717) is 0 Å². The van der Waals surface area contributed by atoms with Gasteiger partial charge in [0.2, 0.25) is 0 Å². The van der Waals surface area contributed by atoms with Crippen LogP contribution in [0.4, 0.5) is 0 Å². The lowest BCUT2D eigenvalue weighted by molar-refractivity contribution is 0.660. The summed E-state index contributed by atoms with van der Waals surface area (Å²) in [5, 5.41) is 0. The van der Waals surface area contributed by atoms with E-state index in [2.05, 4.69) is 245 Å². The van der Waals surface area contributed by atoms with Crippen molar-refractivity contribution in [2.24, 2.45) is 0 Å². The summed E-state index contributed by atoms with van der Waals surface area (Å²) in [5.41, 5.74) is 27.7. The van der Waals surface area contributed by atoms with Crippen LogP contribution >= 0.6 is 0 Å². The molecule has 0 spiro atoms. The molecule has 0 radical (unpaired) electrons. The third kappa shape index (κ3) is 5.78. The van der Waals surface area contributed by atoms with Gasteiger partial charge in [0.15, 0.2) is 0 Å². The Morgan fingerprint density at radius 3 is 1.06 bits per heavy atom. The van der Waals surface area contributed by atoms with Crippen molar-refractivity contribution in [3.63, 3.8) is 0 Å². The number of fused-ring (bicyclic) bond motifs is 7. The molecule has 2 heterocycles. The van der Waals surface area contributed by atoms with E-state index in [1.165, 1.54) is 100 Å². The minimum absolute atomic E-state index is 0.0399. The van der Waals surface area contributed by atoms with Crippen molar-refractivity contribution in [1.29, 1.82) is 0 Å². The van der Waals surface area contributed by atoms with Gasteiger partial charge in [0.05, 0.1) is 22.4 Å². The molecule has 2 aromatic heterocycles. The Morgan fingerprint density at radius 2 is 0.656 bits per heavy atom. The fraction of sp³-hybridized carbons (Fsp3) is 0.129. The minimum atomic E-state index is -0.0399. The summed E-state index contributed by atoms with van der Waals surface area (Å²) < 4.78 is 4.92. The van der Waals surface area contributed by atoms with E-state index in [4.69, 9.17) is 0 Å². The molecule has 0 unspecified atom stereocenters. The van der Waals surface area contributed by atoms with Gasteiger partial charge >= 0.3 is 0 Å². The maximum Gasteiger partial charge on any atom is 0.0724 e. The second kappa shape index (κ2) is 14.0. The first kappa shape index (κ1) is 38.3. The smallest absolute Gasteiger partial charge is 0.0724 e. The first-order valence-electron chi connectivity index (χ1n) is 22.7. The van der Waals surface area contributed by atoms with Gasteiger partial charge in [-0.3, -0.25) is 0 Å². The van der Waals surface area contributed by atoms with Crippen LogP contribution in [0.15, 0.2) is 194 Å². The highest BCUT2D eigenvalue weighted by Crippen LogP contribution is 2.51. The highest BCUT2D eigenvalue weighted by atomic mass is 15.1. The van der Waals surface area contributed by atoms with Gasteiger partial charge in [-0.2, -0.15) is 0 Å². The molecule has 0 saturated carbocycles. The van der Waals surface area contributed by atoms with E-state index in [1.807, 2.05) is 0 Å². The Kier molecular flexibility index (Phi) is 8.40. The Hall–Kier alpha value is -7.42. The molecule has 0 N–H and O–H groups in total. The van der Waals surface area contributed by atoms with Crippen LogP contribution in [0, 0.1) is 13.8 Å². The Balaban J connectivity index is 0.966. The van der Waals surface area contributed by atoms with Crippen LogP contribution in [0.2, 0.25) is 0 Å². The second-order valence-electron chi connectivity index (χ2n) is 19.2. The fourth-order valence-corrected chi connectivity index (χ4v) is 11.1. The van der Waals surface area contributed by atoms with E-state index in [9.17, 15) is 0 Å². The van der Waals surface area contributed by atoms with Gasteiger partial charge in [-0.1, -0.05) is 173 Å². The maximum absolute atomic E-state index is 2.46. The number of hydrogen-bond donors (Lipinski definition) is 0. The van der Waals surface area contributed by atoms with Crippen molar-refractivity contribution in [3.8, 4) is 78.4 Å². The lowest BCUT2D eigenvalue weighted by atomic mass is 9.81. The SMILES string of the molecule is Cc1cccc(-n2c(-c3ccc(-c4ccc5c(c4)C(C)(C)c4ccccc4-5)cc3)cc3c2cc(-c2ccc(-c4ccc5c(c4)C(C)(C)c4ccccc4-5)cc2)n3-c2cccc(C)c2)c1. The quantitative estimate of drug-likeness (QED) is 0.158. The molecule has 2 aliphatic rings. The molecule has 0 bridgehead atoms. The van der Waals surface area contributed by atoms with E-state index in [1.54, 1.807) is 0 Å². The van der Waals surface area contributed by atoms with Crippen LogP contribution in [0.1, 0.15) is 61.1 Å². The van der Waals surface area contributed by atoms with Crippen LogP contribution < -0.4 is 0 Å². The number of aromatic nitrogens is 2. The van der Waals surface area contributed by atoms with Crippen LogP contribution in [-0.4, -0.2) is 9.13 Å². The standard InChI is InChI=1S/C62H50N2/c1-39-13-11-15-47(33-39)63-57(43-25-21-41(22-26-43)45-29-31-51-49-17-7-9-19-53(49)61(3,4)55(51)35-45)37-60-59(63)38-58(64(60)48-16-12-14-40(2)34-48)44-27-23-42(24-28-44)46-30-32-52-50-18-8-10-20-54(50)62(5,6)56(52)36-46/h7-38H,1-6H3. The van der Waals surface area contributed by atoms with Gasteiger partial charge in [0, 0.05) is 22.2 Å². The van der Waals surface area contributed by atoms with Crippen molar-refractivity contribution in [2.45, 2.75) is 52.4 Å². The summed E-state index contributed by atoms with van der Waals surface area (Å²) in [4.78, 5) is 0. The monoisotopic (exact) mass is 822 g/mol. The first-order chi connectivity index (χ1) is 31.0. The molecular formula is C62H50N2. The first-order valence-corrected chi connectivity index (χ1v) is 22.7. The number of nitrogens with zero attached hydrogens (tertiary/aromatic N) is 2. The lowest BCUT2D eigenvalue weighted by Crippen LogP contribution is -2.14. The molecule has 2 nitrogen and oxygen atoms in total. The fourth-order valence-electron chi connectivity index (χ4n) is 11.1. The Morgan fingerprint density at radius 1 is 0.297 bits per heavy atom. The zero-order chi connectivity index (χ0) is 43.5. The molecule has 0 aliphatic heterocycles. The molecule has 12 rings (SSSR count). The third-order valence-electron chi connectivity index (χ3n) is 14.5. The van der Waals surface area contributed by atoms with Gasteiger partial charge < -0.3 is 9.13 Å². The molecule has 10 aromatic rings. The molecule has 0 fully saturated rings. The zero-order valence-electron chi connectivity index (χ0n) is 37.4. The normalized spacial score (nSPS) is 14.0. The van der Waals surface area contributed by atoms with Gasteiger partial charge in [-0.25, -0.2) is 0 Å². The summed E-state index contributed by atoms with van der Waals surface area (Å²) in [6.45, 7) is 13.8. The summed E-state index contributed by atoms with van der Waals surface area (Å²) in [5.74, 6) is 0. The van der Waals surface area contributed by atoms with E-state index in [0.717, 1.165) is 22.8 Å². The molecule has 2 heteroatoms. The van der Waals surface area contributed by atoms with Gasteiger partial charge in [-0.05, 0) is 151 Å². The molecule has 2 aliphatic carbocycles. The summed E-state index contributed by atoms with van der Waals surface area (Å²) in [6.07, 6.45) is 0. The number of hydrogen-bond acceptors (Lipinski definition) is 0. The molecular weight excluding hydrogens is 773 g/mol. The molecule has 0 amide bonds. The molecule has 0 saturated heterocycles. The minimum Gasteiger partial charge on any atom is -0.308 e. The lowest BCUT2D eigenvalue weighted by Gasteiger charge is -2.22. The largest absolute Gasteiger partial charge is 0.308 e. The predicted molar refractivity (Wildman–Crippen MR) is 269 cm³/mol. The maximum atomic E-state index is 2.46. The molecule has 308 valence electrons. The van der Waals surface area contributed by atoms with Crippen molar-refractivity contribution >= 4 is 11.0 Å². The molecule has 8 aromatic carbocycles. The van der Waals surface area contributed by atoms with E-state index >= 15 is 0 Å². The Bertz CT molecular complexity index is 3260. The van der Waals surface area contributed by atoms with Crippen molar-refractivity contribution in [2.75, 3.05) is 0 Å². The number of benzene rings is 8. The number of aryl methyl sites for hydroxylation is 2. The molecule has 0 atom stereocenters. The highest BCUT2D eigenvalue weighted by Gasteiger charge is 2.36. The summed E-state index contributed by atoms with van der Waals surface area (Å²) >= 11 is 0. The average molecular weight is 823 g/mol.